The van der Waals surface area contributed by atoms with Crippen molar-refractivity contribution in [2.24, 2.45) is 5.92 Å². The van der Waals surface area contributed by atoms with Gasteiger partial charge in [-0.15, -0.1) is 0 Å². The van der Waals surface area contributed by atoms with Gasteiger partial charge in [0.15, 0.2) is 5.78 Å². The van der Waals surface area contributed by atoms with Gasteiger partial charge >= 0.3 is 0 Å². The summed E-state index contributed by atoms with van der Waals surface area (Å²) in [5, 5.41) is 11.0. The van der Waals surface area contributed by atoms with Crippen LogP contribution in [0.1, 0.15) is 31.1 Å². The highest BCUT2D eigenvalue weighted by Crippen LogP contribution is 2.25. The molecule has 5 heteroatoms. The Morgan fingerprint density at radius 1 is 1.44 bits per heavy atom. The van der Waals surface area contributed by atoms with Crippen LogP contribution in [0.5, 0.6) is 0 Å². The van der Waals surface area contributed by atoms with Crippen LogP contribution in [0.15, 0.2) is 18.2 Å². The number of anilines is 1. The number of Topliss-reactive ketones (excluding diaryl/α,β-unsaturated/α-hetero) is 1. The average Bonchev–Trinajstić information content (AvgIpc) is 2.26. The van der Waals surface area contributed by atoms with E-state index in [4.69, 9.17) is 0 Å². The lowest BCUT2D eigenvalue weighted by Crippen LogP contribution is -2.22. The van der Waals surface area contributed by atoms with Crippen molar-refractivity contribution in [3.8, 4) is 0 Å². The van der Waals surface area contributed by atoms with E-state index < -0.39 is 4.92 Å². The second-order valence-electron chi connectivity index (χ2n) is 4.79. The van der Waals surface area contributed by atoms with Gasteiger partial charge in [-0.3, -0.25) is 14.9 Å². The molecule has 1 aromatic carbocycles. The monoisotopic (exact) mass is 250 g/mol. The Morgan fingerprint density at radius 2 is 2.06 bits per heavy atom. The van der Waals surface area contributed by atoms with Gasteiger partial charge in [0.25, 0.3) is 5.69 Å². The zero-order valence-electron chi connectivity index (χ0n) is 11.1. The normalized spacial score (nSPS) is 10.5. The first-order chi connectivity index (χ1) is 8.32. The number of hydrogen-bond donors (Lipinski definition) is 0. The molecule has 0 heterocycles. The summed E-state index contributed by atoms with van der Waals surface area (Å²) >= 11 is 0. The fourth-order valence-corrected chi connectivity index (χ4v) is 1.86. The molecule has 0 radical (unpaired) electrons. The van der Waals surface area contributed by atoms with Crippen LogP contribution in [-0.4, -0.2) is 24.3 Å². The van der Waals surface area contributed by atoms with Crippen molar-refractivity contribution in [1.82, 2.24) is 0 Å². The SMILES string of the molecule is CC(=O)c1ccc(N(C)CC(C)C)cc1[N+](=O)[O-]. The van der Waals surface area contributed by atoms with Crippen LogP contribution in [0, 0.1) is 16.0 Å². The average molecular weight is 250 g/mol. The van der Waals surface area contributed by atoms with E-state index in [0.29, 0.717) is 5.92 Å². The van der Waals surface area contributed by atoms with Crippen LogP contribution in [0.4, 0.5) is 11.4 Å². The van der Waals surface area contributed by atoms with Gasteiger partial charge in [-0.25, -0.2) is 0 Å². The molecule has 0 saturated heterocycles. The predicted molar refractivity (Wildman–Crippen MR) is 71.2 cm³/mol. The number of ketones is 1. The van der Waals surface area contributed by atoms with Crippen molar-refractivity contribution >= 4 is 17.2 Å². The molecule has 0 aliphatic heterocycles. The van der Waals surface area contributed by atoms with Gasteiger partial charge in [-0.1, -0.05) is 13.8 Å². The van der Waals surface area contributed by atoms with Gasteiger partial charge in [-0.05, 0) is 25.0 Å². The quantitative estimate of drug-likeness (QED) is 0.458. The molecule has 0 atom stereocenters. The molecule has 1 rings (SSSR count). The number of hydrogen-bond acceptors (Lipinski definition) is 4. The van der Waals surface area contributed by atoms with Gasteiger partial charge in [-0.2, -0.15) is 0 Å². The molecule has 1 aromatic rings. The maximum atomic E-state index is 11.3. The predicted octanol–water partition coefficient (Wildman–Crippen LogP) is 2.89. The Kier molecular flexibility index (Phi) is 4.42. The second-order valence-corrected chi connectivity index (χ2v) is 4.79. The molecule has 0 aliphatic carbocycles. The molecular weight excluding hydrogens is 232 g/mol. The Balaban J connectivity index is 3.15. The highest BCUT2D eigenvalue weighted by atomic mass is 16.6. The van der Waals surface area contributed by atoms with Crippen molar-refractivity contribution in [3.63, 3.8) is 0 Å². The number of nitro groups is 1. The molecule has 0 aromatic heterocycles. The number of carbonyl (C=O) groups excluding carboxylic acids is 1. The van der Waals surface area contributed by atoms with Crippen molar-refractivity contribution < 1.29 is 9.72 Å². The number of nitrogens with zero attached hydrogens (tertiary/aromatic N) is 2. The highest BCUT2D eigenvalue weighted by Gasteiger charge is 2.19. The minimum Gasteiger partial charge on any atom is -0.374 e. The van der Waals surface area contributed by atoms with E-state index in [9.17, 15) is 14.9 Å². The third kappa shape index (κ3) is 3.29. The van der Waals surface area contributed by atoms with E-state index >= 15 is 0 Å². The van der Waals surface area contributed by atoms with Crippen molar-refractivity contribution in [2.45, 2.75) is 20.8 Å². The fourth-order valence-electron chi connectivity index (χ4n) is 1.86. The summed E-state index contributed by atoms with van der Waals surface area (Å²) in [6.07, 6.45) is 0. The Labute approximate surface area is 107 Å². The lowest BCUT2D eigenvalue weighted by molar-refractivity contribution is -0.385. The fraction of sp³-hybridized carbons (Fsp3) is 0.462. The molecule has 0 fully saturated rings. The summed E-state index contributed by atoms with van der Waals surface area (Å²) in [6, 6.07) is 4.72. The van der Waals surface area contributed by atoms with Gasteiger partial charge in [0, 0.05) is 25.3 Å². The van der Waals surface area contributed by atoms with Gasteiger partial charge in [0.05, 0.1) is 10.5 Å². The van der Waals surface area contributed by atoms with E-state index in [1.54, 1.807) is 6.07 Å². The molecule has 0 saturated carbocycles. The van der Waals surface area contributed by atoms with Gasteiger partial charge in [0.2, 0.25) is 0 Å². The molecule has 0 N–H and O–H groups in total. The van der Waals surface area contributed by atoms with Crippen molar-refractivity contribution in [2.75, 3.05) is 18.5 Å². The van der Waals surface area contributed by atoms with Crippen LogP contribution >= 0.6 is 0 Å². The molecular formula is C13H18N2O3. The zero-order valence-corrected chi connectivity index (χ0v) is 11.1. The molecule has 0 amide bonds. The molecule has 0 aliphatic rings. The Morgan fingerprint density at radius 3 is 2.50 bits per heavy atom. The van der Waals surface area contributed by atoms with Crippen LogP contribution in [-0.2, 0) is 0 Å². The van der Waals surface area contributed by atoms with E-state index in [2.05, 4.69) is 13.8 Å². The Bertz CT molecular complexity index is 469. The summed E-state index contributed by atoms with van der Waals surface area (Å²) in [6.45, 7) is 6.29. The third-order valence-electron chi connectivity index (χ3n) is 2.64. The first-order valence-corrected chi connectivity index (χ1v) is 5.83. The minimum atomic E-state index is -0.510. The second kappa shape index (κ2) is 5.62. The molecule has 0 unspecified atom stereocenters. The lowest BCUT2D eigenvalue weighted by Gasteiger charge is -2.21. The summed E-state index contributed by atoms with van der Waals surface area (Å²) in [7, 11) is 1.88. The summed E-state index contributed by atoms with van der Waals surface area (Å²) in [5.41, 5.74) is 0.776. The minimum absolute atomic E-state index is 0.129. The maximum Gasteiger partial charge on any atom is 0.282 e. The van der Waals surface area contributed by atoms with Crippen LogP contribution in [0.2, 0.25) is 0 Å². The van der Waals surface area contributed by atoms with E-state index in [-0.39, 0.29) is 17.0 Å². The molecule has 0 spiro atoms. The van der Waals surface area contributed by atoms with E-state index in [1.165, 1.54) is 19.1 Å². The van der Waals surface area contributed by atoms with Gasteiger partial charge < -0.3 is 4.90 Å². The van der Waals surface area contributed by atoms with E-state index in [0.717, 1.165) is 12.2 Å². The highest BCUT2D eigenvalue weighted by molar-refractivity contribution is 5.98. The van der Waals surface area contributed by atoms with Crippen molar-refractivity contribution in [3.05, 3.63) is 33.9 Å². The van der Waals surface area contributed by atoms with Gasteiger partial charge in [0.1, 0.15) is 0 Å². The number of benzene rings is 1. The summed E-state index contributed by atoms with van der Waals surface area (Å²) in [4.78, 5) is 23.7. The van der Waals surface area contributed by atoms with Crippen molar-refractivity contribution in [1.29, 1.82) is 0 Å². The standard InChI is InChI=1S/C13H18N2O3/c1-9(2)8-14(4)11-5-6-12(10(3)16)13(7-11)15(17)18/h5-7,9H,8H2,1-4H3. The molecule has 0 bridgehead atoms. The van der Waals surface area contributed by atoms with E-state index in [1.807, 2.05) is 11.9 Å². The third-order valence-corrected chi connectivity index (χ3v) is 2.64. The maximum absolute atomic E-state index is 11.3. The zero-order chi connectivity index (χ0) is 13.9. The van der Waals surface area contributed by atoms with Crippen LogP contribution in [0.25, 0.3) is 0 Å². The molecule has 5 nitrogen and oxygen atoms in total. The number of nitro benzene ring substituents is 1. The topological polar surface area (TPSA) is 63.5 Å². The first kappa shape index (κ1) is 14.2. The lowest BCUT2D eigenvalue weighted by atomic mass is 10.1. The number of rotatable bonds is 5. The van der Waals surface area contributed by atoms with Crippen LogP contribution in [0.3, 0.4) is 0 Å². The largest absolute Gasteiger partial charge is 0.374 e. The Hall–Kier alpha value is -1.91. The smallest absolute Gasteiger partial charge is 0.282 e. The van der Waals surface area contributed by atoms with Crippen LogP contribution < -0.4 is 4.90 Å². The summed E-state index contributed by atoms with van der Waals surface area (Å²) in [5.74, 6) is 0.168. The molecule has 18 heavy (non-hydrogen) atoms. The number of carbonyl (C=O) groups is 1. The molecule has 98 valence electrons. The summed E-state index contributed by atoms with van der Waals surface area (Å²) < 4.78 is 0. The first-order valence-electron chi connectivity index (χ1n) is 5.83.